The maximum atomic E-state index is 13.4. The number of nitrogens with zero attached hydrogens (tertiary/aromatic N) is 5. The average molecular weight is 452 g/mol. The molecule has 0 saturated heterocycles. The van der Waals surface area contributed by atoms with Crippen LogP contribution in [-0.4, -0.2) is 38.5 Å². The first-order valence-corrected chi connectivity index (χ1v) is 10.9. The number of anilines is 1. The molecule has 4 aromatic rings. The van der Waals surface area contributed by atoms with Gasteiger partial charge in [0.1, 0.15) is 5.75 Å². The number of hydrogen-bond donors (Lipinski definition) is 0. The Morgan fingerprint density at radius 1 is 1.28 bits per heavy atom. The molecule has 10 heteroatoms. The van der Waals surface area contributed by atoms with E-state index in [1.54, 1.807) is 23.5 Å². The van der Waals surface area contributed by atoms with E-state index in [-0.39, 0.29) is 17.2 Å². The van der Waals surface area contributed by atoms with Gasteiger partial charge in [-0.15, -0.1) is 0 Å². The Morgan fingerprint density at radius 2 is 2.16 bits per heavy atom. The number of aromatic nitrogens is 3. The van der Waals surface area contributed by atoms with Crippen LogP contribution >= 0.6 is 11.3 Å². The van der Waals surface area contributed by atoms with Gasteiger partial charge in [0.2, 0.25) is 0 Å². The van der Waals surface area contributed by atoms with Crippen LogP contribution in [0.1, 0.15) is 23.7 Å². The van der Waals surface area contributed by atoms with Gasteiger partial charge in [-0.05, 0) is 37.6 Å². The van der Waals surface area contributed by atoms with Crippen LogP contribution in [0.25, 0.3) is 10.2 Å². The molecular weight excluding hydrogens is 430 g/mol. The van der Waals surface area contributed by atoms with Crippen LogP contribution in [0.15, 0.2) is 61.2 Å². The van der Waals surface area contributed by atoms with Gasteiger partial charge in [-0.25, -0.2) is 9.97 Å². The van der Waals surface area contributed by atoms with Crippen LogP contribution in [0, 0.1) is 10.1 Å². The molecular formula is C22H21N5O4S. The topological polar surface area (TPSA) is 103 Å². The van der Waals surface area contributed by atoms with Crippen LogP contribution in [0.5, 0.6) is 5.75 Å². The fraction of sp³-hybridized carbons (Fsp3) is 0.227. The van der Waals surface area contributed by atoms with E-state index in [9.17, 15) is 14.9 Å². The second-order valence-electron chi connectivity index (χ2n) is 6.98. The van der Waals surface area contributed by atoms with Crippen molar-refractivity contribution in [2.75, 3.05) is 18.1 Å². The van der Waals surface area contributed by atoms with Crippen molar-refractivity contribution in [1.82, 2.24) is 14.5 Å². The summed E-state index contributed by atoms with van der Waals surface area (Å²) in [4.78, 5) is 34.3. The number of rotatable bonds is 9. The van der Waals surface area contributed by atoms with Gasteiger partial charge in [-0.2, -0.15) is 0 Å². The van der Waals surface area contributed by atoms with E-state index in [0.717, 1.165) is 16.0 Å². The number of fused-ring (bicyclic) bond motifs is 1. The highest BCUT2D eigenvalue weighted by molar-refractivity contribution is 7.22. The molecule has 0 atom stereocenters. The van der Waals surface area contributed by atoms with E-state index in [1.807, 2.05) is 35.9 Å². The number of aryl methyl sites for hydroxylation is 1. The maximum Gasteiger partial charge on any atom is 0.270 e. The second kappa shape index (κ2) is 9.56. The fourth-order valence-corrected chi connectivity index (χ4v) is 4.31. The van der Waals surface area contributed by atoms with Crippen molar-refractivity contribution in [3.8, 4) is 5.75 Å². The molecule has 0 radical (unpaired) electrons. The molecule has 0 aliphatic rings. The van der Waals surface area contributed by atoms with Gasteiger partial charge in [0.15, 0.2) is 5.13 Å². The number of benzene rings is 2. The van der Waals surface area contributed by atoms with Crippen molar-refractivity contribution in [1.29, 1.82) is 0 Å². The normalized spacial score (nSPS) is 10.9. The predicted octanol–water partition coefficient (Wildman–Crippen LogP) is 4.54. The largest absolute Gasteiger partial charge is 0.494 e. The fourth-order valence-electron chi connectivity index (χ4n) is 3.29. The number of nitro benzene ring substituents is 1. The Labute approximate surface area is 188 Å². The molecule has 32 heavy (non-hydrogen) atoms. The summed E-state index contributed by atoms with van der Waals surface area (Å²) < 4.78 is 8.40. The highest BCUT2D eigenvalue weighted by Crippen LogP contribution is 2.32. The summed E-state index contributed by atoms with van der Waals surface area (Å²) in [6, 6.07) is 11.4. The average Bonchev–Trinajstić information content (AvgIpc) is 3.46. The van der Waals surface area contributed by atoms with Gasteiger partial charge in [0, 0.05) is 43.2 Å². The Morgan fingerprint density at radius 3 is 2.91 bits per heavy atom. The number of nitro groups is 1. The molecule has 1 amide bonds. The molecule has 0 N–H and O–H groups in total. The maximum absolute atomic E-state index is 13.4. The minimum absolute atomic E-state index is 0.125. The number of thiazole rings is 1. The first-order valence-electron chi connectivity index (χ1n) is 10.1. The standard InChI is InChI=1S/C22H21N5O4S/c1-2-31-18-7-8-19-20(14-18)32-22(24-19)26(11-4-10-25-12-9-23-15-25)21(28)16-5-3-6-17(13-16)27(29)30/h3,5-9,12-15H,2,4,10-11H2,1H3. The van der Waals surface area contributed by atoms with E-state index < -0.39 is 4.92 Å². The summed E-state index contributed by atoms with van der Waals surface area (Å²) in [7, 11) is 0. The Bertz CT molecular complexity index is 1240. The quantitative estimate of drug-likeness (QED) is 0.273. The zero-order chi connectivity index (χ0) is 22.5. The molecule has 0 unspecified atom stereocenters. The summed E-state index contributed by atoms with van der Waals surface area (Å²) in [5.41, 5.74) is 0.885. The molecule has 0 bridgehead atoms. The number of imidazole rings is 1. The third kappa shape index (κ3) is 4.75. The van der Waals surface area contributed by atoms with Crippen LogP contribution in [0.3, 0.4) is 0 Å². The Hall–Kier alpha value is -3.79. The lowest BCUT2D eigenvalue weighted by atomic mass is 10.1. The smallest absolute Gasteiger partial charge is 0.270 e. The number of non-ortho nitro benzene ring substituents is 1. The SMILES string of the molecule is CCOc1ccc2nc(N(CCCn3ccnc3)C(=O)c3cccc([N+](=O)[O-])c3)sc2c1. The van der Waals surface area contributed by atoms with Gasteiger partial charge in [-0.3, -0.25) is 19.8 Å². The van der Waals surface area contributed by atoms with E-state index in [2.05, 4.69) is 9.97 Å². The Kier molecular flexibility index (Phi) is 6.41. The summed E-state index contributed by atoms with van der Waals surface area (Å²) in [6.07, 6.45) is 5.95. The number of amides is 1. The lowest BCUT2D eigenvalue weighted by Crippen LogP contribution is -2.32. The molecule has 0 spiro atoms. The summed E-state index contributed by atoms with van der Waals surface area (Å²) in [5.74, 6) is 0.412. The van der Waals surface area contributed by atoms with Crippen molar-refractivity contribution < 1.29 is 14.5 Å². The van der Waals surface area contributed by atoms with Crippen LogP contribution < -0.4 is 9.64 Å². The molecule has 2 heterocycles. The monoisotopic (exact) mass is 451 g/mol. The number of carbonyl (C=O) groups is 1. The molecule has 0 aliphatic carbocycles. The van der Waals surface area contributed by atoms with Gasteiger partial charge in [-0.1, -0.05) is 17.4 Å². The first kappa shape index (κ1) is 21.4. The van der Waals surface area contributed by atoms with Crippen molar-refractivity contribution in [3.05, 3.63) is 76.9 Å². The molecule has 0 saturated carbocycles. The minimum atomic E-state index is -0.507. The van der Waals surface area contributed by atoms with E-state index in [0.29, 0.717) is 31.2 Å². The third-order valence-electron chi connectivity index (χ3n) is 4.80. The molecule has 0 aliphatic heterocycles. The van der Waals surface area contributed by atoms with Crippen LogP contribution in [0.4, 0.5) is 10.8 Å². The van der Waals surface area contributed by atoms with Crippen molar-refractivity contribution in [3.63, 3.8) is 0 Å². The van der Waals surface area contributed by atoms with Crippen LogP contribution in [-0.2, 0) is 6.54 Å². The van der Waals surface area contributed by atoms with E-state index in [4.69, 9.17) is 4.74 Å². The van der Waals surface area contributed by atoms with Gasteiger partial charge >= 0.3 is 0 Å². The number of ether oxygens (including phenoxy) is 1. The van der Waals surface area contributed by atoms with Gasteiger partial charge in [0.25, 0.3) is 11.6 Å². The number of hydrogen-bond acceptors (Lipinski definition) is 7. The first-order chi connectivity index (χ1) is 15.5. The predicted molar refractivity (Wildman–Crippen MR) is 122 cm³/mol. The second-order valence-corrected chi connectivity index (χ2v) is 7.99. The van der Waals surface area contributed by atoms with Gasteiger partial charge < -0.3 is 9.30 Å². The molecule has 0 fully saturated rings. The zero-order valence-corrected chi connectivity index (χ0v) is 18.2. The summed E-state index contributed by atoms with van der Waals surface area (Å²) >= 11 is 1.39. The lowest BCUT2D eigenvalue weighted by molar-refractivity contribution is -0.384. The molecule has 164 valence electrons. The highest BCUT2D eigenvalue weighted by atomic mass is 32.1. The van der Waals surface area contributed by atoms with Crippen molar-refractivity contribution in [2.24, 2.45) is 0 Å². The Balaban J connectivity index is 1.65. The van der Waals surface area contributed by atoms with Gasteiger partial charge in [0.05, 0.1) is 28.1 Å². The van der Waals surface area contributed by atoms with E-state index >= 15 is 0 Å². The molecule has 9 nitrogen and oxygen atoms in total. The molecule has 2 aromatic carbocycles. The number of carbonyl (C=O) groups excluding carboxylic acids is 1. The molecule has 2 aromatic heterocycles. The van der Waals surface area contributed by atoms with Crippen molar-refractivity contribution >= 4 is 38.3 Å². The van der Waals surface area contributed by atoms with Crippen LogP contribution in [0.2, 0.25) is 0 Å². The zero-order valence-electron chi connectivity index (χ0n) is 17.4. The highest BCUT2D eigenvalue weighted by Gasteiger charge is 2.23. The third-order valence-corrected chi connectivity index (χ3v) is 5.84. The summed E-state index contributed by atoms with van der Waals surface area (Å²) in [5, 5.41) is 11.7. The molecule has 4 rings (SSSR count). The van der Waals surface area contributed by atoms with Crippen molar-refractivity contribution in [2.45, 2.75) is 19.9 Å². The van der Waals surface area contributed by atoms with E-state index in [1.165, 1.54) is 29.5 Å². The summed E-state index contributed by atoms with van der Waals surface area (Å²) in [6.45, 7) is 3.56. The lowest BCUT2D eigenvalue weighted by Gasteiger charge is -2.20. The minimum Gasteiger partial charge on any atom is -0.494 e.